The lowest BCUT2D eigenvalue weighted by Crippen LogP contribution is -2.32. The van der Waals surface area contributed by atoms with Gasteiger partial charge in [-0.15, -0.1) is 0 Å². The van der Waals surface area contributed by atoms with Crippen LogP contribution in [-0.2, 0) is 9.59 Å². The number of Topliss-reactive ketones (excluding diaryl/α,β-unsaturated/α-hetero) is 1. The number of carbonyl (C=O) groups is 2. The molecule has 1 aliphatic carbocycles. The lowest BCUT2D eigenvalue weighted by Gasteiger charge is -2.19. The summed E-state index contributed by atoms with van der Waals surface area (Å²) in [5.41, 5.74) is 0. The molecule has 1 aliphatic rings. The van der Waals surface area contributed by atoms with E-state index >= 15 is 0 Å². The molecule has 10 heavy (non-hydrogen) atoms. The Balaban J connectivity index is 2.25. The van der Waals surface area contributed by atoms with E-state index in [-0.39, 0.29) is 6.04 Å². The summed E-state index contributed by atoms with van der Waals surface area (Å²) >= 11 is 0. The van der Waals surface area contributed by atoms with Crippen molar-refractivity contribution >= 4 is 12.2 Å². The number of carbonyl (C=O) groups excluding carboxylic acids is 2. The number of rotatable bonds is 2. The average molecular weight is 141 g/mol. The van der Waals surface area contributed by atoms with Gasteiger partial charge in [0.25, 0.3) is 0 Å². The third-order valence-electron chi connectivity index (χ3n) is 1.85. The lowest BCUT2D eigenvalue weighted by atomic mass is 9.95. The molecule has 0 atom stereocenters. The van der Waals surface area contributed by atoms with Crippen LogP contribution in [-0.4, -0.2) is 18.2 Å². The molecule has 1 saturated carbocycles. The molecule has 0 heterocycles. The maximum absolute atomic E-state index is 10.7. The highest BCUT2D eigenvalue weighted by Crippen LogP contribution is 2.13. The summed E-state index contributed by atoms with van der Waals surface area (Å²) in [6, 6.07) is 0.246. The van der Waals surface area contributed by atoms with Crippen molar-refractivity contribution < 1.29 is 9.59 Å². The predicted octanol–water partition coefficient (Wildman–Crippen LogP) is 0.244. The van der Waals surface area contributed by atoms with Gasteiger partial charge in [-0.05, 0) is 12.8 Å². The zero-order valence-corrected chi connectivity index (χ0v) is 5.80. The summed E-state index contributed by atoms with van der Waals surface area (Å²) in [5.74, 6) is 0.323. The summed E-state index contributed by atoms with van der Waals surface area (Å²) in [7, 11) is 0. The third kappa shape index (κ3) is 1.83. The Hall–Kier alpha value is -0.860. The highest BCUT2D eigenvalue weighted by Gasteiger charge is 2.16. The van der Waals surface area contributed by atoms with E-state index in [1.807, 2.05) is 0 Å². The normalized spacial score (nSPS) is 20.6. The summed E-state index contributed by atoms with van der Waals surface area (Å²) in [5, 5.41) is 2.67. The molecule has 0 aliphatic heterocycles. The summed E-state index contributed by atoms with van der Waals surface area (Å²) in [6.45, 7) is 0. The van der Waals surface area contributed by atoms with Crippen LogP contribution in [0.15, 0.2) is 0 Å². The van der Waals surface area contributed by atoms with E-state index in [4.69, 9.17) is 0 Å². The van der Waals surface area contributed by atoms with Crippen LogP contribution >= 0.6 is 0 Å². The van der Waals surface area contributed by atoms with Crippen LogP contribution in [0.3, 0.4) is 0 Å². The molecule has 1 rings (SSSR count). The second kappa shape index (κ2) is 3.34. The number of ketones is 1. The van der Waals surface area contributed by atoms with Crippen molar-refractivity contribution in [3.8, 4) is 0 Å². The molecular weight excluding hydrogens is 130 g/mol. The number of hydrogen-bond acceptors (Lipinski definition) is 2. The Morgan fingerprint density at radius 2 is 2.00 bits per heavy atom. The van der Waals surface area contributed by atoms with Crippen molar-refractivity contribution in [1.82, 2.24) is 5.32 Å². The molecule has 0 aromatic carbocycles. The highest BCUT2D eigenvalue weighted by atomic mass is 16.1. The molecule has 0 aromatic heterocycles. The minimum Gasteiger partial charge on any atom is -0.356 e. The van der Waals surface area contributed by atoms with Crippen LogP contribution in [0.2, 0.25) is 0 Å². The van der Waals surface area contributed by atoms with Gasteiger partial charge in [0.1, 0.15) is 5.78 Å². The average Bonchev–Trinajstić information content (AvgIpc) is 1.95. The Morgan fingerprint density at radius 3 is 2.50 bits per heavy atom. The second-order valence-electron chi connectivity index (χ2n) is 2.60. The molecule has 0 radical (unpaired) electrons. The third-order valence-corrected chi connectivity index (χ3v) is 1.85. The van der Waals surface area contributed by atoms with E-state index in [1.165, 1.54) is 0 Å². The van der Waals surface area contributed by atoms with Gasteiger partial charge in [0.15, 0.2) is 0 Å². The Kier molecular flexibility index (Phi) is 2.42. The molecule has 1 N–H and O–H groups in total. The molecule has 56 valence electrons. The smallest absolute Gasteiger partial charge is 0.207 e. The maximum atomic E-state index is 10.7. The van der Waals surface area contributed by atoms with Gasteiger partial charge in [-0.1, -0.05) is 0 Å². The highest BCUT2D eigenvalue weighted by molar-refractivity contribution is 5.79. The second-order valence-corrected chi connectivity index (χ2v) is 2.60. The first kappa shape index (κ1) is 7.25. The van der Waals surface area contributed by atoms with Crippen molar-refractivity contribution in [2.75, 3.05) is 0 Å². The molecule has 0 saturated heterocycles. The Morgan fingerprint density at radius 1 is 1.40 bits per heavy atom. The molecule has 0 bridgehead atoms. The van der Waals surface area contributed by atoms with Crippen LogP contribution in [0.5, 0.6) is 0 Å². The lowest BCUT2D eigenvalue weighted by molar-refractivity contribution is -0.121. The van der Waals surface area contributed by atoms with E-state index in [0.717, 1.165) is 12.8 Å². The van der Waals surface area contributed by atoms with Crippen molar-refractivity contribution in [3.63, 3.8) is 0 Å². The van der Waals surface area contributed by atoms with Gasteiger partial charge < -0.3 is 5.32 Å². The van der Waals surface area contributed by atoms with E-state index < -0.39 is 0 Å². The van der Waals surface area contributed by atoms with E-state index in [0.29, 0.717) is 25.0 Å². The van der Waals surface area contributed by atoms with Crippen molar-refractivity contribution in [2.45, 2.75) is 31.7 Å². The van der Waals surface area contributed by atoms with E-state index in [2.05, 4.69) is 5.32 Å². The molecule has 0 unspecified atom stereocenters. The van der Waals surface area contributed by atoms with Gasteiger partial charge in [0, 0.05) is 18.9 Å². The number of nitrogens with one attached hydrogen (secondary N) is 1. The first-order valence-corrected chi connectivity index (χ1v) is 3.54. The van der Waals surface area contributed by atoms with Crippen LogP contribution in [0.4, 0.5) is 0 Å². The molecule has 0 aromatic rings. The van der Waals surface area contributed by atoms with Gasteiger partial charge in [-0.2, -0.15) is 0 Å². The molecule has 1 fully saturated rings. The quantitative estimate of drug-likeness (QED) is 0.560. The zero-order chi connectivity index (χ0) is 7.40. The van der Waals surface area contributed by atoms with Gasteiger partial charge >= 0.3 is 0 Å². The van der Waals surface area contributed by atoms with Gasteiger partial charge in [0.05, 0.1) is 0 Å². The first-order chi connectivity index (χ1) is 4.83. The van der Waals surface area contributed by atoms with Crippen LogP contribution in [0.25, 0.3) is 0 Å². The summed E-state index contributed by atoms with van der Waals surface area (Å²) < 4.78 is 0. The van der Waals surface area contributed by atoms with Crippen LogP contribution in [0, 0.1) is 0 Å². The molecule has 1 amide bonds. The van der Waals surface area contributed by atoms with Gasteiger partial charge in [-0.25, -0.2) is 0 Å². The Bertz CT molecular complexity index is 135. The fraction of sp³-hybridized carbons (Fsp3) is 0.714. The number of hydrogen-bond donors (Lipinski definition) is 1. The van der Waals surface area contributed by atoms with Crippen LogP contribution < -0.4 is 5.32 Å². The molecule has 0 spiro atoms. The Labute approximate surface area is 59.8 Å². The molecular formula is C7H11NO2. The van der Waals surface area contributed by atoms with Gasteiger partial charge in [0.2, 0.25) is 6.41 Å². The predicted molar refractivity (Wildman–Crippen MR) is 36.5 cm³/mol. The van der Waals surface area contributed by atoms with Crippen LogP contribution in [0.1, 0.15) is 25.7 Å². The SMILES string of the molecule is O=CNC1CCC(=O)CC1. The zero-order valence-electron chi connectivity index (χ0n) is 5.80. The monoisotopic (exact) mass is 141 g/mol. The van der Waals surface area contributed by atoms with Crippen molar-refractivity contribution in [3.05, 3.63) is 0 Å². The van der Waals surface area contributed by atoms with Gasteiger partial charge in [-0.3, -0.25) is 9.59 Å². The summed E-state index contributed by atoms with van der Waals surface area (Å²) in [4.78, 5) is 20.7. The largest absolute Gasteiger partial charge is 0.356 e. The number of amides is 1. The summed E-state index contributed by atoms with van der Waals surface area (Å²) in [6.07, 6.45) is 3.60. The van der Waals surface area contributed by atoms with E-state index in [9.17, 15) is 9.59 Å². The fourth-order valence-corrected chi connectivity index (χ4v) is 1.20. The topological polar surface area (TPSA) is 46.2 Å². The fourth-order valence-electron chi connectivity index (χ4n) is 1.20. The van der Waals surface area contributed by atoms with Crippen molar-refractivity contribution in [1.29, 1.82) is 0 Å². The maximum Gasteiger partial charge on any atom is 0.207 e. The molecule has 3 heteroatoms. The minimum absolute atomic E-state index is 0.246. The minimum atomic E-state index is 0.246. The standard InChI is InChI=1S/C7H11NO2/c9-5-8-6-1-3-7(10)4-2-6/h5-6H,1-4H2,(H,8,9). The first-order valence-electron chi connectivity index (χ1n) is 3.54. The van der Waals surface area contributed by atoms with Crippen molar-refractivity contribution in [2.24, 2.45) is 0 Å². The van der Waals surface area contributed by atoms with E-state index in [1.54, 1.807) is 0 Å². The molecule has 3 nitrogen and oxygen atoms in total.